The Hall–Kier alpha value is -3.26. The van der Waals surface area contributed by atoms with E-state index < -0.39 is 11.8 Å². The average molecular weight is 443 g/mol. The van der Waals surface area contributed by atoms with Crippen molar-refractivity contribution >= 4 is 39.2 Å². The zero-order valence-electron chi connectivity index (χ0n) is 17.3. The minimum atomic E-state index is -0.574. The molecule has 3 rings (SSSR count). The van der Waals surface area contributed by atoms with Gasteiger partial charge in [0.25, 0.3) is 0 Å². The van der Waals surface area contributed by atoms with Gasteiger partial charge in [0.15, 0.2) is 0 Å². The number of ether oxygens (including phenoxy) is 1. The highest BCUT2D eigenvalue weighted by atomic mass is 32.1. The van der Waals surface area contributed by atoms with Crippen LogP contribution < -0.4 is 5.32 Å². The molecule has 0 saturated carbocycles. The Kier molecular flexibility index (Phi) is 7.36. The van der Waals surface area contributed by atoms with E-state index in [9.17, 15) is 18.8 Å². The predicted octanol–water partition coefficient (Wildman–Crippen LogP) is 3.88. The van der Waals surface area contributed by atoms with Crippen LogP contribution in [0.3, 0.4) is 0 Å². The van der Waals surface area contributed by atoms with Crippen LogP contribution in [-0.4, -0.2) is 36.3 Å². The summed E-state index contributed by atoms with van der Waals surface area (Å²) in [5, 5.41) is 3.05. The van der Waals surface area contributed by atoms with E-state index in [1.54, 1.807) is 17.0 Å². The molecule has 0 aliphatic rings. The number of carbonyl (C=O) groups is 3. The SMILES string of the molecule is COC(=O)c1sc2cccc(F)c2c1CNC(=O)CCN(Cc1ccccc1)C(C)=O. The minimum absolute atomic E-state index is 0.0110. The lowest BCUT2D eigenvalue weighted by atomic mass is 10.1. The second-order valence-electron chi connectivity index (χ2n) is 6.97. The Morgan fingerprint density at radius 1 is 1.10 bits per heavy atom. The van der Waals surface area contributed by atoms with Crippen molar-refractivity contribution in [3.63, 3.8) is 0 Å². The summed E-state index contributed by atoms with van der Waals surface area (Å²) in [6, 6.07) is 14.1. The number of hydrogen-bond donors (Lipinski definition) is 1. The normalized spacial score (nSPS) is 10.7. The maximum absolute atomic E-state index is 14.4. The van der Waals surface area contributed by atoms with Gasteiger partial charge in [-0.05, 0) is 17.7 Å². The summed E-state index contributed by atoms with van der Waals surface area (Å²) in [5.41, 5.74) is 1.37. The number of nitrogens with one attached hydrogen (secondary N) is 1. The lowest BCUT2D eigenvalue weighted by Gasteiger charge is -2.21. The summed E-state index contributed by atoms with van der Waals surface area (Å²) in [7, 11) is 1.26. The van der Waals surface area contributed by atoms with E-state index in [0.717, 1.165) is 16.9 Å². The van der Waals surface area contributed by atoms with Crippen molar-refractivity contribution in [2.45, 2.75) is 26.4 Å². The molecule has 0 bridgehead atoms. The van der Waals surface area contributed by atoms with Crippen molar-refractivity contribution in [2.24, 2.45) is 0 Å². The zero-order valence-corrected chi connectivity index (χ0v) is 18.1. The molecule has 0 saturated heterocycles. The maximum Gasteiger partial charge on any atom is 0.348 e. The fraction of sp³-hybridized carbons (Fsp3) is 0.261. The molecular formula is C23H23FN2O4S. The number of fused-ring (bicyclic) bond motifs is 1. The summed E-state index contributed by atoms with van der Waals surface area (Å²) >= 11 is 1.13. The Balaban J connectivity index is 1.67. The third-order valence-corrected chi connectivity index (χ3v) is 6.04. The highest BCUT2D eigenvalue weighted by Crippen LogP contribution is 2.33. The first-order valence-electron chi connectivity index (χ1n) is 9.75. The summed E-state index contributed by atoms with van der Waals surface area (Å²) in [6.07, 6.45) is 0.0878. The molecule has 2 aromatic carbocycles. The maximum atomic E-state index is 14.4. The standard InChI is InChI=1S/C23H23FN2O4S/c1-15(27)26(14-16-7-4-3-5-8-16)12-11-20(28)25-13-17-21-18(24)9-6-10-19(21)31-22(17)23(29)30-2/h3-10H,11-14H2,1-2H3,(H,25,28). The average Bonchev–Trinajstić information content (AvgIpc) is 3.15. The van der Waals surface area contributed by atoms with E-state index in [2.05, 4.69) is 5.32 Å². The lowest BCUT2D eigenvalue weighted by Crippen LogP contribution is -2.33. The highest BCUT2D eigenvalue weighted by Gasteiger charge is 2.22. The number of esters is 1. The number of amides is 2. The number of rotatable bonds is 8. The fourth-order valence-corrected chi connectivity index (χ4v) is 4.41. The second kappa shape index (κ2) is 10.2. The highest BCUT2D eigenvalue weighted by molar-refractivity contribution is 7.21. The van der Waals surface area contributed by atoms with Crippen LogP contribution in [0.25, 0.3) is 10.1 Å². The van der Waals surface area contributed by atoms with Crippen molar-refractivity contribution in [1.82, 2.24) is 10.2 Å². The monoisotopic (exact) mass is 442 g/mol. The molecule has 0 fully saturated rings. The molecule has 1 aromatic heterocycles. The molecule has 3 aromatic rings. The molecule has 2 amide bonds. The molecule has 0 atom stereocenters. The van der Waals surface area contributed by atoms with Gasteiger partial charge in [0.05, 0.1) is 7.11 Å². The Bertz CT molecular complexity index is 1100. The van der Waals surface area contributed by atoms with Crippen LogP contribution in [0.4, 0.5) is 4.39 Å². The van der Waals surface area contributed by atoms with Crippen molar-refractivity contribution in [3.05, 3.63) is 70.4 Å². The topological polar surface area (TPSA) is 75.7 Å². The van der Waals surface area contributed by atoms with E-state index in [-0.39, 0.29) is 36.2 Å². The number of nitrogens with zero attached hydrogens (tertiary/aromatic N) is 1. The third kappa shape index (κ3) is 5.46. The molecular weight excluding hydrogens is 419 g/mol. The predicted molar refractivity (Wildman–Crippen MR) is 117 cm³/mol. The van der Waals surface area contributed by atoms with Gasteiger partial charge >= 0.3 is 5.97 Å². The van der Waals surface area contributed by atoms with Gasteiger partial charge in [0.1, 0.15) is 10.7 Å². The first-order chi connectivity index (χ1) is 14.9. The number of thiophene rings is 1. The van der Waals surface area contributed by atoms with Crippen LogP contribution in [0.2, 0.25) is 0 Å². The molecule has 8 heteroatoms. The smallest absolute Gasteiger partial charge is 0.348 e. The van der Waals surface area contributed by atoms with Gasteiger partial charge in [-0.25, -0.2) is 9.18 Å². The van der Waals surface area contributed by atoms with E-state index in [1.807, 2.05) is 30.3 Å². The number of halogens is 1. The lowest BCUT2D eigenvalue weighted by molar-refractivity contribution is -0.130. The second-order valence-corrected chi connectivity index (χ2v) is 8.02. The molecule has 162 valence electrons. The fourth-order valence-electron chi connectivity index (χ4n) is 3.26. The van der Waals surface area contributed by atoms with Crippen LogP contribution >= 0.6 is 11.3 Å². The van der Waals surface area contributed by atoms with Crippen molar-refractivity contribution in [1.29, 1.82) is 0 Å². The zero-order chi connectivity index (χ0) is 22.4. The first kappa shape index (κ1) is 22.4. The van der Waals surface area contributed by atoms with Crippen LogP contribution in [0.1, 0.15) is 34.1 Å². The summed E-state index contributed by atoms with van der Waals surface area (Å²) in [6.45, 7) is 2.11. The number of carbonyl (C=O) groups excluding carboxylic acids is 3. The summed E-state index contributed by atoms with van der Waals surface area (Å²) < 4.78 is 19.8. The van der Waals surface area contributed by atoms with E-state index in [0.29, 0.717) is 22.2 Å². The van der Waals surface area contributed by atoms with Gasteiger partial charge in [-0.2, -0.15) is 0 Å². The molecule has 0 aliphatic heterocycles. The molecule has 0 unspecified atom stereocenters. The van der Waals surface area contributed by atoms with Gasteiger partial charge in [-0.3, -0.25) is 9.59 Å². The van der Waals surface area contributed by atoms with Crippen molar-refractivity contribution in [2.75, 3.05) is 13.7 Å². The van der Waals surface area contributed by atoms with Gasteiger partial charge in [-0.1, -0.05) is 36.4 Å². The molecule has 0 radical (unpaired) electrons. The molecule has 6 nitrogen and oxygen atoms in total. The quantitative estimate of drug-likeness (QED) is 0.537. The third-order valence-electron chi connectivity index (χ3n) is 4.87. The summed E-state index contributed by atoms with van der Waals surface area (Å²) in [5.74, 6) is -1.46. The van der Waals surface area contributed by atoms with Gasteiger partial charge < -0.3 is 15.0 Å². The Morgan fingerprint density at radius 2 is 1.84 bits per heavy atom. The van der Waals surface area contributed by atoms with Crippen LogP contribution in [0.15, 0.2) is 48.5 Å². The number of benzene rings is 2. The number of methoxy groups -OCH3 is 1. The number of hydrogen-bond acceptors (Lipinski definition) is 5. The summed E-state index contributed by atoms with van der Waals surface area (Å²) in [4.78, 5) is 38.4. The molecule has 1 N–H and O–H groups in total. The van der Waals surface area contributed by atoms with E-state index in [4.69, 9.17) is 4.74 Å². The van der Waals surface area contributed by atoms with Crippen LogP contribution in [0, 0.1) is 5.82 Å². The largest absolute Gasteiger partial charge is 0.465 e. The van der Waals surface area contributed by atoms with Crippen molar-refractivity contribution < 1.29 is 23.5 Å². The van der Waals surface area contributed by atoms with E-state index in [1.165, 1.54) is 20.1 Å². The van der Waals surface area contributed by atoms with Crippen LogP contribution in [-0.2, 0) is 27.4 Å². The van der Waals surface area contributed by atoms with Gasteiger partial charge in [0, 0.05) is 48.6 Å². The Labute approximate surface area is 183 Å². The molecule has 0 spiro atoms. The minimum Gasteiger partial charge on any atom is -0.465 e. The first-order valence-corrected chi connectivity index (χ1v) is 10.6. The van der Waals surface area contributed by atoms with E-state index >= 15 is 0 Å². The van der Waals surface area contributed by atoms with Crippen molar-refractivity contribution in [3.8, 4) is 0 Å². The Morgan fingerprint density at radius 3 is 2.52 bits per heavy atom. The molecule has 0 aliphatic carbocycles. The van der Waals surface area contributed by atoms with Gasteiger partial charge in [0.2, 0.25) is 11.8 Å². The van der Waals surface area contributed by atoms with Gasteiger partial charge in [-0.15, -0.1) is 11.3 Å². The van der Waals surface area contributed by atoms with Crippen LogP contribution in [0.5, 0.6) is 0 Å². The molecule has 1 heterocycles. The molecule has 31 heavy (non-hydrogen) atoms.